The number of imidazole rings is 1. The van der Waals surface area contributed by atoms with E-state index in [-0.39, 0.29) is 5.60 Å². The molecular weight excluding hydrogens is 270 g/mol. The van der Waals surface area contributed by atoms with Gasteiger partial charge in [-0.3, -0.25) is 9.25 Å². The van der Waals surface area contributed by atoms with E-state index in [4.69, 9.17) is 15.2 Å². The van der Waals surface area contributed by atoms with Crippen LogP contribution in [0.2, 0.25) is 0 Å². The van der Waals surface area contributed by atoms with Crippen LogP contribution in [-0.4, -0.2) is 45.3 Å². The lowest BCUT2D eigenvalue weighted by Gasteiger charge is -2.26. The van der Waals surface area contributed by atoms with E-state index in [1.165, 1.54) is 0 Å². The average Bonchev–Trinajstić information content (AvgIpc) is 3.12. The molecule has 0 aromatic carbocycles. The molecular formula is C14H23N5O2. The molecule has 0 spiro atoms. The number of anilines is 1. The van der Waals surface area contributed by atoms with Crippen molar-refractivity contribution in [2.24, 2.45) is 7.05 Å². The molecule has 1 unspecified atom stereocenters. The van der Waals surface area contributed by atoms with Crippen LogP contribution in [0.15, 0.2) is 0 Å². The molecule has 1 fully saturated rings. The molecule has 2 aromatic heterocycles. The van der Waals surface area contributed by atoms with Crippen molar-refractivity contribution in [2.45, 2.75) is 38.3 Å². The number of hydrogen-bond acceptors (Lipinski definition) is 5. The van der Waals surface area contributed by atoms with Gasteiger partial charge in [0.2, 0.25) is 5.95 Å². The molecule has 1 atom stereocenters. The highest BCUT2D eigenvalue weighted by Crippen LogP contribution is 2.29. The van der Waals surface area contributed by atoms with Crippen LogP contribution in [0.5, 0.6) is 0 Å². The molecule has 21 heavy (non-hydrogen) atoms. The molecule has 3 rings (SSSR count). The number of aryl methyl sites for hydroxylation is 2. The second-order valence-corrected chi connectivity index (χ2v) is 5.74. The lowest BCUT2D eigenvalue weighted by Crippen LogP contribution is -2.37. The van der Waals surface area contributed by atoms with Gasteiger partial charge in [0.15, 0.2) is 5.65 Å². The molecule has 0 saturated carbocycles. The fraction of sp³-hybridized carbons (Fsp3) is 0.714. The third-order valence-corrected chi connectivity index (χ3v) is 4.25. The summed E-state index contributed by atoms with van der Waals surface area (Å²) in [5, 5.41) is 4.57. The highest BCUT2D eigenvalue weighted by molar-refractivity contribution is 5.77. The van der Waals surface area contributed by atoms with E-state index in [1.807, 2.05) is 16.3 Å². The summed E-state index contributed by atoms with van der Waals surface area (Å²) in [5.74, 6) is 0.513. The molecule has 7 nitrogen and oxygen atoms in total. The molecule has 0 bridgehead atoms. The summed E-state index contributed by atoms with van der Waals surface area (Å²) < 4.78 is 15.1. The summed E-state index contributed by atoms with van der Waals surface area (Å²) in [6.07, 6.45) is 2.81. The maximum absolute atomic E-state index is 6.14. The van der Waals surface area contributed by atoms with Crippen LogP contribution < -0.4 is 5.73 Å². The molecule has 1 saturated heterocycles. The standard InChI is InChI=1S/C14H23N5O2/c1-4-5-10-11-12(18(2)17-10)19(13(15)16-11)8-14(20-3)6-7-21-9-14/h4-9H2,1-3H3,(H2,15,16). The van der Waals surface area contributed by atoms with Gasteiger partial charge in [0, 0.05) is 27.2 Å². The first kappa shape index (κ1) is 14.3. The van der Waals surface area contributed by atoms with E-state index in [2.05, 4.69) is 17.0 Å². The first-order chi connectivity index (χ1) is 10.1. The lowest BCUT2D eigenvalue weighted by molar-refractivity contribution is -0.0285. The van der Waals surface area contributed by atoms with Crippen LogP contribution in [-0.2, 0) is 29.5 Å². The Hall–Kier alpha value is -1.60. The molecule has 0 aliphatic carbocycles. The van der Waals surface area contributed by atoms with Crippen molar-refractivity contribution >= 4 is 17.1 Å². The first-order valence-electron chi connectivity index (χ1n) is 7.40. The Labute approximate surface area is 124 Å². The van der Waals surface area contributed by atoms with Crippen LogP contribution in [0.4, 0.5) is 5.95 Å². The summed E-state index contributed by atoms with van der Waals surface area (Å²) in [4.78, 5) is 4.52. The van der Waals surface area contributed by atoms with Crippen molar-refractivity contribution in [3.63, 3.8) is 0 Å². The van der Waals surface area contributed by atoms with Crippen molar-refractivity contribution < 1.29 is 9.47 Å². The van der Waals surface area contributed by atoms with Crippen LogP contribution in [0.3, 0.4) is 0 Å². The zero-order valence-corrected chi connectivity index (χ0v) is 12.9. The summed E-state index contributed by atoms with van der Waals surface area (Å²) in [6.45, 7) is 4.08. The van der Waals surface area contributed by atoms with Crippen molar-refractivity contribution in [1.29, 1.82) is 0 Å². The van der Waals surface area contributed by atoms with Crippen molar-refractivity contribution in [3.05, 3.63) is 5.69 Å². The zero-order valence-electron chi connectivity index (χ0n) is 12.9. The Bertz CT molecular complexity index is 639. The second kappa shape index (κ2) is 5.31. The Balaban J connectivity index is 2.04. The smallest absolute Gasteiger partial charge is 0.202 e. The van der Waals surface area contributed by atoms with Crippen molar-refractivity contribution in [3.8, 4) is 0 Å². The molecule has 116 valence electrons. The van der Waals surface area contributed by atoms with Gasteiger partial charge >= 0.3 is 0 Å². The molecule has 1 aliphatic heterocycles. The number of rotatable bonds is 5. The third kappa shape index (κ3) is 2.30. The first-order valence-corrected chi connectivity index (χ1v) is 7.40. The summed E-state index contributed by atoms with van der Waals surface area (Å²) in [7, 11) is 3.66. The third-order valence-electron chi connectivity index (χ3n) is 4.25. The quantitative estimate of drug-likeness (QED) is 0.893. The van der Waals surface area contributed by atoms with Gasteiger partial charge in [-0.05, 0) is 6.42 Å². The van der Waals surface area contributed by atoms with Crippen molar-refractivity contribution in [2.75, 3.05) is 26.1 Å². The van der Waals surface area contributed by atoms with E-state index in [1.54, 1.807) is 7.11 Å². The maximum atomic E-state index is 6.14. The number of nitrogens with two attached hydrogens (primary N) is 1. The lowest BCUT2D eigenvalue weighted by atomic mass is 10.0. The van der Waals surface area contributed by atoms with Gasteiger partial charge in [-0.25, -0.2) is 4.98 Å². The van der Waals surface area contributed by atoms with Gasteiger partial charge in [0.05, 0.1) is 18.8 Å². The van der Waals surface area contributed by atoms with Crippen LogP contribution >= 0.6 is 0 Å². The SMILES string of the molecule is CCCc1nn(C)c2c1nc(N)n2CC1(OC)CCOC1. The molecule has 0 radical (unpaired) electrons. The number of nitrogen functional groups attached to an aromatic ring is 1. The Kier molecular flexibility index (Phi) is 3.62. The minimum atomic E-state index is -0.322. The molecule has 3 heterocycles. The fourth-order valence-corrected chi connectivity index (χ4v) is 3.05. The zero-order chi connectivity index (χ0) is 15.0. The van der Waals surface area contributed by atoms with Gasteiger partial charge in [-0.15, -0.1) is 0 Å². The van der Waals surface area contributed by atoms with E-state index in [0.717, 1.165) is 42.7 Å². The van der Waals surface area contributed by atoms with Gasteiger partial charge in [-0.2, -0.15) is 5.10 Å². The number of ether oxygens (including phenoxy) is 2. The number of aromatic nitrogens is 4. The summed E-state index contributed by atoms with van der Waals surface area (Å²) in [5.41, 5.74) is 8.69. The van der Waals surface area contributed by atoms with Gasteiger partial charge in [-0.1, -0.05) is 13.3 Å². The van der Waals surface area contributed by atoms with E-state index >= 15 is 0 Å². The van der Waals surface area contributed by atoms with E-state index in [0.29, 0.717) is 19.1 Å². The molecule has 2 N–H and O–H groups in total. The second-order valence-electron chi connectivity index (χ2n) is 5.74. The fourth-order valence-electron chi connectivity index (χ4n) is 3.05. The topological polar surface area (TPSA) is 80.1 Å². The number of nitrogens with zero attached hydrogens (tertiary/aromatic N) is 4. The predicted octanol–water partition coefficient (Wildman–Crippen LogP) is 1.11. The maximum Gasteiger partial charge on any atom is 0.202 e. The summed E-state index contributed by atoms with van der Waals surface area (Å²) >= 11 is 0. The highest BCUT2D eigenvalue weighted by atomic mass is 16.5. The highest BCUT2D eigenvalue weighted by Gasteiger charge is 2.37. The van der Waals surface area contributed by atoms with Gasteiger partial charge in [0.1, 0.15) is 11.1 Å². The monoisotopic (exact) mass is 293 g/mol. The van der Waals surface area contributed by atoms with Gasteiger partial charge < -0.3 is 15.2 Å². The Morgan fingerprint density at radius 2 is 2.29 bits per heavy atom. The van der Waals surface area contributed by atoms with Crippen LogP contribution in [0.1, 0.15) is 25.5 Å². The normalized spacial score (nSPS) is 22.4. The molecule has 7 heteroatoms. The molecule has 2 aromatic rings. The number of methoxy groups -OCH3 is 1. The minimum absolute atomic E-state index is 0.322. The van der Waals surface area contributed by atoms with E-state index < -0.39 is 0 Å². The largest absolute Gasteiger partial charge is 0.378 e. The van der Waals surface area contributed by atoms with Gasteiger partial charge in [0.25, 0.3) is 0 Å². The van der Waals surface area contributed by atoms with E-state index in [9.17, 15) is 0 Å². The van der Waals surface area contributed by atoms with Crippen molar-refractivity contribution in [1.82, 2.24) is 19.3 Å². The minimum Gasteiger partial charge on any atom is -0.378 e. The summed E-state index contributed by atoms with van der Waals surface area (Å²) in [6, 6.07) is 0. The predicted molar refractivity (Wildman–Crippen MR) is 80.1 cm³/mol. The molecule has 1 aliphatic rings. The number of hydrogen-bond donors (Lipinski definition) is 1. The van der Waals surface area contributed by atoms with Crippen LogP contribution in [0, 0.1) is 0 Å². The Morgan fingerprint density at radius 1 is 1.48 bits per heavy atom. The average molecular weight is 293 g/mol. The molecule has 0 amide bonds. The van der Waals surface area contributed by atoms with Crippen LogP contribution in [0.25, 0.3) is 11.2 Å². The number of fused-ring (bicyclic) bond motifs is 1. The Morgan fingerprint density at radius 3 is 2.90 bits per heavy atom.